The van der Waals surface area contributed by atoms with Crippen LogP contribution in [0.4, 0.5) is 0 Å². The monoisotopic (exact) mass is 472 g/mol. The Morgan fingerprint density at radius 3 is 1.32 bits per heavy atom. The van der Waals surface area contributed by atoms with Gasteiger partial charge in [0.2, 0.25) is 0 Å². The molecule has 0 aliphatic heterocycles. The molecule has 2 N–H and O–H groups in total. The van der Waals surface area contributed by atoms with Crippen molar-refractivity contribution < 1.29 is 37.4 Å². The third-order valence-electron chi connectivity index (χ3n) is 5.44. The van der Waals surface area contributed by atoms with E-state index in [1.165, 1.54) is 40.6 Å². The molecule has 0 saturated carbocycles. The Kier molecular flexibility index (Phi) is 8.15. The SMILES string of the molecule is COP(=O)(Cc1cc(C(C)(C)c2ccc(O)c(CP(=O)(OC)OC)c2)ccc1O)OC. The molecule has 31 heavy (non-hydrogen) atoms. The third-order valence-corrected chi connectivity index (χ3v) is 9.12. The van der Waals surface area contributed by atoms with Crippen LogP contribution >= 0.6 is 15.2 Å². The fourth-order valence-corrected chi connectivity index (χ4v) is 5.35. The quantitative estimate of drug-likeness (QED) is 0.443. The van der Waals surface area contributed by atoms with Crippen LogP contribution in [-0.2, 0) is 45.0 Å². The van der Waals surface area contributed by atoms with Crippen molar-refractivity contribution in [2.45, 2.75) is 31.6 Å². The van der Waals surface area contributed by atoms with Gasteiger partial charge in [-0.05, 0) is 23.3 Å². The zero-order chi connectivity index (χ0) is 23.4. The van der Waals surface area contributed by atoms with Crippen molar-refractivity contribution in [2.24, 2.45) is 0 Å². The number of hydrogen-bond donors (Lipinski definition) is 2. The van der Waals surface area contributed by atoms with Gasteiger partial charge in [-0.25, -0.2) is 0 Å². The van der Waals surface area contributed by atoms with Gasteiger partial charge in [0.15, 0.2) is 0 Å². The van der Waals surface area contributed by atoms with Gasteiger partial charge < -0.3 is 28.3 Å². The van der Waals surface area contributed by atoms with Crippen molar-refractivity contribution in [3.63, 3.8) is 0 Å². The minimum atomic E-state index is -3.37. The fourth-order valence-electron chi connectivity index (χ4n) is 3.19. The van der Waals surface area contributed by atoms with Crippen LogP contribution in [-0.4, -0.2) is 38.7 Å². The molecule has 0 saturated heterocycles. The fraction of sp³-hybridized carbons (Fsp3) is 0.429. The summed E-state index contributed by atoms with van der Waals surface area (Å²) in [7, 11) is -1.55. The molecule has 0 heterocycles. The summed E-state index contributed by atoms with van der Waals surface area (Å²) in [5.41, 5.74) is 1.95. The topological polar surface area (TPSA) is 112 Å². The van der Waals surface area contributed by atoms with E-state index < -0.39 is 20.6 Å². The van der Waals surface area contributed by atoms with E-state index in [0.717, 1.165) is 11.1 Å². The molecule has 2 aromatic carbocycles. The molecular formula is C21H30O8P2. The van der Waals surface area contributed by atoms with Gasteiger partial charge in [0.25, 0.3) is 0 Å². The summed E-state index contributed by atoms with van der Waals surface area (Å²) in [6.07, 6.45) is -0.164. The molecule has 0 amide bonds. The smallest absolute Gasteiger partial charge is 0.334 e. The highest BCUT2D eigenvalue weighted by Gasteiger charge is 2.29. The normalized spacial score (nSPS) is 12.8. The minimum Gasteiger partial charge on any atom is -0.508 e. The van der Waals surface area contributed by atoms with E-state index in [1.54, 1.807) is 24.3 Å². The van der Waals surface area contributed by atoms with E-state index in [-0.39, 0.29) is 23.8 Å². The molecule has 0 aliphatic rings. The van der Waals surface area contributed by atoms with E-state index in [0.29, 0.717) is 11.1 Å². The van der Waals surface area contributed by atoms with Crippen LogP contribution in [0.25, 0.3) is 0 Å². The molecule has 0 spiro atoms. The van der Waals surface area contributed by atoms with Crippen molar-refractivity contribution in [3.05, 3.63) is 58.7 Å². The van der Waals surface area contributed by atoms with Gasteiger partial charge >= 0.3 is 15.2 Å². The summed E-state index contributed by atoms with van der Waals surface area (Å²) in [5.74, 6) is -0.0252. The maximum Gasteiger partial charge on any atom is 0.334 e. The first-order valence-corrected chi connectivity index (χ1v) is 12.9. The lowest BCUT2D eigenvalue weighted by atomic mass is 9.77. The van der Waals surface area contributed by atoms with Crippen LogP contribution in [0.1, 0.15) is 36.1 Å². The van der Waals surface area contributed by atoms with Crippen molar-refractivity contribution in [3.8, 4) is 11.5 Å². The molecule has 0 aromatic heterocycles. The Balaban J connectivity index is 2.48. The van der Waals surface area contributed by atoms with Crippen molar-refractivity contribution in [2.75, 3.05) is 28.4 Å². The number of phenolic OH excluding ortho intramolecular Hbond substituents is 2. The van der Waals surface area contributed by atoms with E-state index in [9.17, 15) is 19.3 Å². The Morgan fingerprint density at radius 1 is 0.710 bits per heavy atom. The average molecular weight is 472 g/mol. The predicted molar refractivity (Wildman–Crippen MR) is 119 cm³/mol. The highest BCUT2D eigenvalue weighted by molar-refractivity contribution is 7.53. The van der Waals surface area contributed by atoms with E-state index in [4.69, 9.17) is 18.1 Å². The van der Waals surface area contributed by atoms with Gasteiger partial charge in [-0.2, -0.15) is 0 Å². The largest absolute Gasteiger partial charge is 0.508 e. The summed E-state index contributed by atoms with van der Waals surface area (Å²) in [4.78, 5) is 0. The van der Waals surface area contributed by atoms with Crippen LogP contribution in [0, 0.1) is 0 Å². The Hall–Kier alpha value is -1.66. The summed E-state index contributed by atoms with van der Waals surface area (Å²) >= 11 is 0. The first-order valence-electron chi connectivity index (χ1n) is 9.49. The van der Waals surface area contributed by atoms with Crippen LogP contribution in [0.3, 0.4) is 0 Å². The Bertz CT molecular complexity index is 923. The second-order valence-corrected chi connectivity index (χ2v) is 12.1. The second-order valence-electron chi connectivity index (χ2n) is 7.58. The number of aromatic hydroxyl groups is 2. The number of hydrogen-bond acceptors (Lipinski definition) is 8. The minimum absolute atomic E-state index is 0.0126. The Labute approximate surface area is 183 Å². The molecule has 0 radical (unpaired) electrons. The summed E-state index contributed by atoms with van der Waals surface area (Å²) < 4.78 is 45.1. The molecule has 8 nitrogen and oxygen atoms in total. The van der Waals surface area contributed by atoms with Gasteiger partial charge in [-0.15, -0.1) is 0 Å². The molecule has 2 rings (SSSR count). The van der Waals surface area contributed by atoms with Crippen LogP contribution in [0.15, 0.2) is 36.4 Å². The number of benzene rings is 2. The zero-order valence-corrected chi connectivity index (χ0v) is 20.4. The lowest BCUT2D eigenvalue weighted by molar-refractivity contribution is 0.273. The molecule has 0 bridgehead atoms. The zero-order valence-electron chi connectivity index (χ0n) is 18.6. The molecule has 0 unspecified atom stereocenters. The standard InChI is InChI=1S/C21H30O8P2/c1-21(2,17-7-9-19(22)15(11-17)13-30(24,26-3)27-4)18-8-10-20(23)16(12-18)14-31(25,28-5)29-6/h7-12,22-23H,13-14H2,1-6H3. The van der Waals surface area contributed by atoms with E-state index in [2.05, 4.69) is 0 Å². The first kappa shape index (κ1) is 25.6. The Morgan fingerprint density at radius 2 is 1.03 bits per heavy atom. The molecule has 10 heteroatoms. The highest BCUT2D eigenvalue weighted by Crippen LogP contribution is 2.52. The number of rotatable bonds is 10. The van der Waals surface area contributed by atoms with Crippen LogP contribution in [0.2, 0.25) is 0 Å². The van der Waals surface area contributed by atoms with Gasteiger partial charge in [0.1, 0.15) is 11.5 Å². The maximum absolute atomic E-state index is 12.5. The van der Waals surface area contributed by atoms with Crippen molar-refractivity contribution in [1.82, 2.24) is 0 Å². The van der Waals surface area contributed by atoms with Crippen molar-refractivity contribution in [1.29, 1.82) is 0 Å². The summed E-state index contributed by atoms with van der Waals surface area (Å²) in [6.45, 7) is 3.94. The molecule has 0 atom stereocenters. The lowest BCUT2D eigenvalue weighted by Crippen LogP contribution is -2.19. The molecule has 172 valence electrons. The molecule has 0 fully saturated rings. The molecule has 0 aliphatic carbocycles. The summed E-state index contributed by atoms with van der Waals surface area (Å²) in [6, 6.07) is 10.1. The third kappa shape index (κ3) is 5.78. The van der Waals surface area contributed by atoms with Gasteiger partial charge in [0, 0.05) is 45.0 Å². The van der Waals surface area contributed by atoms with Crippen LogP contribution < -0.4 is 0 Å². The van der Waals surface area contributed by atoms with Gasteiger partial charge in [-0.3, -0.25) is 9.13 Å². The molecule has 2 aromatic rings. The van der Waals surface area contributed by atoms with Gasteiger partial charge in [-0.1, -0.05) is 38.1 Å². The van der Waals surface area contributed by atoms with Crippen molar-refractivity contribution >= 4 is 15.2 Å². The second kappa shape index (κ2) is 9.86. The van der Waals surface area contributed by atoms with E-state index >= 15 is 0 Å². The maximum atomic E-state index is 12.5. The van der Waals surface area contributed by atoms with Crippen LogP contribution in [0.5, 0.6) is 11.5 Å². The number of phenols is 2. The first-order chi connectivity index (χ1) is 14.4. The summed E-state index contributed by atoms with van der Waals surface area (Å²) in [5, 5.41) is 20.5. The van der Waals surface area contributed by atoms with E-state index in [1.807, 2.05) is 13.8 Å². The van der Waals surface area contributed by atoms with Gasteiger partial charge in [0.05, 0.1) is 12.3 Å². The highest BCUT2D eigenvalue weighted by atomic mass is 31.2. The molecular weight excluding hydrogens is 442 g/mol. The lowest BCUT2D eigenvalue weighted by Gasteiger charge is -2.28. The average Bonchev–Trinajstić information content (AvgIpc) is 2.76. The predicted octanol–water partition coefficient (Wildman–Crippen LogP) is 5.40.